The van der Waals surface area contributed by atoms with Gasteiger partial charge in [0.1, 0.15) is 5.03 Å². The number of aromatic nitrogens is 2. The number of halogens is 2. The van der Waals surface area contributed by atoms with Crippen LogP contribution < -0.4 is 14.8 Å². The molecule has 9 heteroatoms. The number of ether oxygens (including phenoxy) is 2. The molecule has 6 nitrogen and oxygen atoms in total. The summed E-state index contributed by atoms with van der Waals surface area (Å²) in [6.07, 6.45) is 0.623. The number of nitrogens with one attached hydrogen (secondary N) is 1. The first-order valence-electron chi connectivity index (χ1n) is 8.96. The van der Waals surface area contributed by atoms with Gasteiger partial charge in [-0.3, -0.25) is 4.79 Å². The number of hydrogen-bond donors (Lipinski definition) is 1. The van der Waals surface area contributed by atoms with Crippen molar-refractivity contribution in [2.24, 2.45) is 0 Å². The number of amides is 1. The molecule has 1 N–H and O–H groups in total. The van der Waals surface area contributed by atoms with Gasteiger partial charge in [-0.05, 0) is 54.4 Å². The number of nitrogens with zero attached hydrogens (tertiary/aromatic N) is 2. The smallest absolute Gasteiger partial charge is 0.254 e. The first-order chi connectivity index (χ1) is 14.5. The van der Waals surface area contributed by atoms with Crippen molar-refractivity contribution >= 4 is 40.9 Å². The highest BCUT2D eigenvalue weighted by Gasteiger charge is 2.16. The van der Waals surface area contributed by atoms with E-state index in [0.717, 1.165) is 10.5 Å². The Morgan fingerprint density at radius 1 is 1.00 bits per heavy atom. The van der Waals surface area contributed by atoms with Crippen molar-refractivity contribution in [3.05, 3.63) is 69.8 Å². The maximum absolute atomic E-state index is 12.8. The molecule has 0 aliphatic rings. The minimum atomic E-state index is -0.274. The zero-order valence-corrected chi connectivity index (χ0v) is 18.6. The third kappa shape index (κ3) is 5.78. The molecule has 0 atom stereocenters. The molecule has 0 aliphatic carbocycles. The Balaban J connectivity index is 1.67. The minimum absolute atomic E-state index is 0.153. The van der Waals surface area contributed by atoms with Crippen LogP contribution in [-0.2, 0) is 6.42 Å². The maximum atomic E-state index is 12.8. The van der Waals surface area contributed by atoms with E-state index in [4.69, 9.17) is 32.7 Å². The molecule has 1 amide bonds. The van der Waals surface area contributed by atoms with E-state index in [-0.39, 0.29) is 11.1 Å². The summed E-state index contributed by atoms with van der Waals surface area (Å²) in [6.45, 7) is 0.430. The number of hydrogen-bond acceptors (Lipinski definition) is 6. The summed E-state index contributed by atoms with van der Waals surface area (Å²) in [5, 5.41) is 12.1. The lowest BCUT2D eigenvalue weighted by molar-refractivity contribution is 0.0950. The van der Waals surface area contributed by atoms with E-state index >= 15 is 0 Å². The first kappa shape index (κ1) is 22.2. The minimum Gasteiger partial charge on any atom is -0.493 e. The standard InChI is InChI=1S/C21H19Cl2N3O3S/c1-28-17-8-3-13(11-18(17)29-2)9-10-24-20(27)16-12-19(23)25-26-21(16)30-15-6-4-14(22)5-7-15/h3-8,11-12H,9-10H2,1-2H3,(H,24,27). The molecule has 3 rings (SSSR count). The van der Waals surface area contributed by atoms with Crippen LogP contribution in [0.2, 0.25) is 10.2 Å². The molecule has 3 aromatic rings. The van der Waals surface area contributed by atoms with E-state index in [1.807, 2.05) is 30.3 Å². The van der Waals surface area contributed by atoms with Crippen LogP contribution in [0.3, 0.4) is 0 Å². The number of methoxy groups -OCH3 is 2. The highest BCUT2D eigenvalue weighted by Crippen LogP contribution is 2.30. The molecule has 0 fully saturated rings. The third-order valence-corrected chi connectivity index (χ3v) is 5.59. The van der Waals surface area contributed by atoms with Crippen molar-refractivity contribution in [2.75, 3.05) is 20.8 Å². The molecule has 0 saturated carbocycles. The molecule has 1 aromatic heterocycles. The normalized spacial score (nSPS) is 10.5. The second kappa shape index (κ2) is 10.5. The van der Waals surface area contributed by atoms with Gasteiger partial charge in [0.2, 0.25) is 0 Å². The molecule has 0 bridgehead atoms. The summed E-state index contributed by atoms with van der Waals surface area (Å²) in [5.74, 6) is 1.03. The monoisotopic (exact) mass is 463 g/mol. The van der Waals surface area contributed by atoms with Gasteiger partial charge in [0.25, 0.3) is 5.91 Å². The fraction of sp³-hybridized carbons (Fsp3) is 0.190. The fourth-order valence-corrected chi connectivity index (χ4v) is 3.77. The SMILES string of the molecule is COc1ccc(CCNC(=O)c2cc(Cl)nnc2Sc2ccc(Cl)cc2)cc1OC. The predicted molar refractivity (Wildman–Crippen MR) is 118 cm³/mol. The van der Waals surface area contributed by atoms with Gasteiger partial charge >= 0.3 is 0 Å². The summed E-state index contributed by atoms with van der Waals surface area (Å²) < 4.78 is 10.6. The Hall–Kier alpha value is -2.48. The highest BCUT2D eigenvalue weighted by atomic mass is 35.5. The summed E-state index contributed by atoms with van der Waals surface area (Å²) in [6, 6.07) is 14.4. The molecule has 1 heterocycles. The van der Waals surface area contributed by atoms with Gasteiger partial charge in [-0.25, -0.2) is 0 Å². The number of carbonyl (C=O) groups is 1. The second-order valence-corrected chi connectivity index (χ2v) is 8.02. The van der Waals surface area contributed by atoms with Crippen LogP contribution in [0.5, 0.6) is 11.5 Å². The molecule has 0 spiro atoms. The Morgan fingerprint density at radius 3 is 2.43 bits per heavy atom. The molecule has 0 unspecified atom stereocenters. The second-order valence-electron chi connectivity index (χ2n) is 6.14. The van der Waals surface area contributed by atoms with Gasteiger partial charge in [-0.15, -0.1) is 10.2 Å². The van der Waals surface area contributed by atoms with E-state index in [1.54, 1.807) is 26.4 Å². The van der Waals surface area contributed by atoms with Crippen molar-refractivity contribution in [3.8, 4) is 11.5 Å². The summed E-state index contributed by atoms with van der Waals surface area (Å²) in [7, 11) is 3.18. The Labute approximate surface area is 188 Å². The van der Waals surface area contributed by atoms with E-state index in [1.165, 1.54) is 17.8 Å². The molecule has 30 heavy (non-hydrogen) atoms. The lowest BCUT2D eigenvalue weighted by atomic mass is 10.1. The van der Waals surface area contributed by atoms with Crippen molar-refractivity contribution in [1.82, 2.24) is 15.5 Å². The van der Waals surface area contributed by atoms with Crippen molar-refractivity contribution < 1.29 is 14.3 Å². The van der Waals surface area contributed by atoms with Crippen LogP contribution in [0.4, 0.5) is 0 Å². The lowest BCUT2D eigenvalue weighted by Crippen LogP contribution is -2.26. The first-order valence-corrected chi connectivity index (χ1v) is 10.5. The van der Waals surface area contributed by atoms with E-state index in [0.29, 0.717) is 40.1 Å². The Kier molecular flexibility index (Phi) is 7.79. The molecular formula is C21H19Cl2N3O3S. The van der Waals surface area contributed by atoms with E-state index < -0.39 is 0 Å². The van der Waals surface area contributed by atoms with Crippen LogP contribution in [0.25, 0.3) is 0 Å². The summed E-state index contributed by atoms with van der Waals surface area (Å²) in [5.41, 5.74) is 1.37. The number of benzene rings is 2. The summed E-state index contributed by atoms with van der Waals surface area (Å²) in [4.78, 5) is 13.6. The lowest BCUT2D eigenvalue weighted by Gasteiger charge is -2.11. The van der Waals surface area contributed by atoms with Crippen molar-refractivity contribution in [2.45, 2.75) is 16.3 Å². The average molecular weight is 464 g/mol. The van der Waals surface area contributed by atoms with Gasteiger partial charge < -0.3 is 14.8 Å². The predicted octanol–water partition coefficient (Wildman–Crippen LogP) is 4.92. The van der Waals surface area contributed by atoms with Crippen LogP contribution in [0.1, 0.15) is 15.9 Å². The zero-order chi connectivity index (χ0) is 21.5. The topological polar surface area (TPSA) is 73.3 Å². The van der Waals surface area contributed by atoms with Gasteiger partial charge in [0.05, 0.1) is 19.8 Å². The van der Waals surface area contributed by atoms with Crippen molar-refractivity contribution in [3.63, 3.8) is 0 Å². The quantitative estimate of drug-likeness (QED) is 0.510. The largest absolute Gasteiger partial charge is 0.493 e. The molecule has 2 aromatic carbocycles. The van der Waals surface area contributed by atoms with E-state index in [2.05, 4.69) is 15.5 Å². The van der Waals surface area contributed by atoms with Gasteiger partial charge in [0, 0.05) is 16.5 Å². The molecule has 0 saturated heterocycles. The van der Waals surface area contributed by atoms with Crippen LogP contribution in [0, 0.1) is 0 Å². The molecule has 0 aliphatic heterocycles. The number of carbonyl (C=O) groups excluding carboxylic acids is 1. The van der Waals surface area contributed by atoms with E-state index in [9.17, 15) is 4.79 Å². The van der Waals surface area contributed by atoms with Crippen LogP contribution in [0.15, 0.2) is 58.5 Å². The maximum Gasteiger partial charge on any atom is 0.254 e. The molecular weight excluding hydrogens is 445 g/mol. The van der Waals surface area contributed by atoms with Gasteiger partial charge in [0.15, 0.2) is 16.7 Å². The Bertz CT molecular complexity index is 1030. The zero-order valence-electron chi connectivity index (χ0n) is 16.3. The van der Waals surface area contributed by atoms with Crippen molar-refractivity contribution in [1.29, 1.82) is 0 Å². The van der Waals surface area contributed by atoms with Crippen LogP contribution >= 0.6 is 35.0 Å². The van der Waals surface area contributed by atoms with Crippen LogP contribution in [-0.4, -0.2) is 36.9 Å². The average Bonchev–Trinajstić information content (AvgIpc) is 2.76. The number of rotatable bonds is 8. The molecule has 156 valence electrons. The Morgan fingerprint density at radius 2 is 1.73 bits per heavy atom. The van der Waals surface area contributed by atoms with Gasteiger partial charge in [-0.2, -0.15) is 0 Å². The van der Waals surface area contributed by atoms with Gasteiger partial charge in [-0.1, -0.05) is 41.0 Å². The highest BCUT2D eigenvalue weighted by molar-refractivity contribution is 7.99. The third-order valence-electron chi connectivity index (χ3n) is 4.15. The summed E-state index contributed by atoms with van der Waals surface area (Å²) >= 11 is 13.2. The fourth-order valence-electron chi connectivity index (χ4n) is 2.66. The molecule has 0 radical (unpaired) electrons.